The van der Waals surface area contributed by atoms with E-state index in [2.05, 4.69) is 6.07 Å². The first-order valence-electron chi connectivity index (χ1n) is 9.21. The topological polar surface area (TPSA) is 128 Å². The summed E-state index contributed by atoms with van der Waals surface area (Å²) in [7, 11) is 0. The van der Waals surface area contributed by atoms with Crippen molar-refractivity contribution in [3.63, 3.8) is 0 Å². The molecule has 8 heteroatoms. The lowest BCUT2D eigenvalue weighted by Crippen LogP contribution is -2.21. The molecule has 0 amide bonds. The number of fused-ring (bicyclic) bond motifs is 1. The molecule has 0 saturated heterocycles. The number of hydrogen-bond acceptors (Lipinski definition) is 7. The molecule has 1 heterocycles. The van der Waals surface area contributed by atoms with Crippen LogP contribution in [0, 0.1) is 21.4 Å². The Hall–Kier alpha value is -4.64. The first-order valence-corrected chi connectivity index (χ1v) is 9.21. The van der Waals surface area contributed by atoms with Crippen LogP contribution in [0.15, 0.2) is 84.3 Å². The van der Waals surface area contributed by atoms with Crippen molar-refractivity contribution in [2.24, 2.45) is 5.73 Å². The fourth-order valence-electron chi connectivity index (χ4n) is 3.37. The molecule has 1 aliphatic rings. The first-order chi connectivity index (χ1) is 15.0. The van der Waals surface area contributed by atoms with Gasteiger partial charge in [0.2, 0.25) is 5.88 Å². The van der Waals surface area contributed by atoms with Gasteiger partial charge in [0.05, 0.1) is 16.4 Å². The first kappa shape index (κ1) is 19.7. The van der Waals surface area contributed by atoms with E-state index in [1.165, 1.54) is 18.2 Å². The second kappa shape index (κ2) is 8.00. The van der Waals surface area contributed by atoms with Crippen LogP contribution in [0.4, 0.5) is 5.69 Å². The normalized spacial score (nSPS) is 14.7. The molecule has 0 spiro atoms. The predicted molar refractivity (Wildman–Crippen MR) is 110 cm³/mol. The molecule has 31 heavy (non-hydrogen) atoms. The Kier molecular flexibility index (Phi) is 5.08. The quantitative estimate of drug-likeness (QED) is 0.296. The van der Waals surface area contributed by atoms with Crippen LogP contribution in [0.2, 0.25) is 0 Å². The van der Waals surface area contributed by atoms with Gasteiger partial charge in [-0.05, 0) is 23.8 Å². The number of nitro groups is 1. The van der Waals surface area contributed by atoms with Crippen molar-refractivity contribution in [3.8, 4) is 17.6 Å². The summed E-state index contributed by atoms with van der Waals surface area (Å²) in [6, 6.07) is 21.3. The van der Waals surface area contributed by atoms with Crippen LogP contribution in [0.1, 0.15) is 27.4 Å². The molecule has 1 atom stereocenters. The van der Waals surface area contributed by atoms with E-state index in [0.29, 0.717) is 22.4 Å². The maximum absolute atomic E-state index is 12.3. The summed E-state index contributed by atoms with van der Waals surface area (Å²) < 4.78 is 11.0. The fourth-order valence-corrected chi connectivity index (χ4v) is 3.37. The Morgan fingerprint density at radius 2 is 1.81 bits per heavy atom. The van der Waals surface area contributed by atoms with Crippen LogP contribution in [-0.4, -0.2) is 10.9 Å². The number of ether oxygens (including phenoxy) is 2. The summed E-state index contributed by atoms with van der Waals surface area (Å²) in [5.41, 5.74) is 7.77. The average Bonchev–Trinajstić information content (AvgIpc) is 2.78. The lowest BCUT2D eigenvalue weighted by Gasteiger charge is -2.26. The molecule has 3 aromatic rings. The number of nitrogens with two attached hydrogens (primary N) is 1. The van der Waals surface area contributed by atoms with Crippen molar-refractivity contribution in [1.82, 2.24) is 0 Å². The van der Waals surface area contributed by atoms with Gasteiger partial charge in [-0.2, -0.15) is 5.26 Å². The van der Waals surface area contributed by atoms with Gasteiger partial charge in [-0.3, -0.25) is 10.1 Å². The molecule has 0 aromatic heterocycles. The van der Waals surface area contributed by atoms with E-state index in [1.54, 1.807) is 54.6 Å². The average molecular weight is 413 g/mol. The number of carbonyl (C=O) groups excluding carboxylic acids is 1. The third kappa shape index (κ3) is 3.80. The molecule has 152 valence electrons. The minimum atomic E-state index is -0.576. The SMILES string of the molecule is N#CC1=C(N)Oc2cc(OC(=O)c3ccccc3)ccc2C1c1ccc([N+](=O)[O-])cc1. The van der Waals surface area contributed by atoms with Crippen molar-refractivity contribution in [2.45, 2.75) is 5.92 Å². The van der Waals surface area contributed by atoms with Gasteiger partial charge >= 0.3 is 5.97 Å². The Morgan fingerprint density at radius 1 is 1.10 bits per heavy atom. The van der Waals surface area contributed by atoms with E-state index in [0.717, 1.165) is 0 Å². The van der Waals surface area contributed by atoms with E-state index in [9.17, 15) is 20.2 Å². The van der Waals surface area contributed by atoms with Crippen LogP contribution in [0.25, 0.3) is 0 Å². The zero-order valence-electron chi connectivity index (χ0n) is 16.0. The minimum absolute atomic E-state index is 0.0605. The van der Waals surface area contributed by atoms with Gasteiger partial charge in [-0.25, -0.2) is 4.79 Å². The highest BCUT2D eigenvalue weighted by atomic mass is 16.6. The fraction of sp³-hybridized carbons (Fsp3) is 0.0435. The van der Waals surface area contributed by atoms with E-state index in [4.69, 9.17) is 15.2 Å². The second-order valence-corrected chi connectivity index (χ2v) is 6.73. The van der Waals surface area contributed by atoms with Gasteiger partial charge in [-0.15, -0.1) is 0 Å². The molecule has 3 aromatic carbocycles. The molecule has 8 nitrogen and oxygen atoms in total. The Morgan fingerprint density at radius 3 is 2.45 bits per heavy atom. The molecular formula is C23H15N3O5. The Labute approximate surface area is 176 Å². The van der Waals surface area contributed by atoms with E-state index in [1.807, 2.05) is 0 Å². The highest BCUT2D eigenvalue weighted by molar-refractivity contribution is 5.91. The summed E-state index contributed by atoms with van der Waals surface area (Å²) in [5, 5.41) is 20.6. The third-order valence-electron chi connectivity index (χ3n) is 4.85. The number of esters is 1. The molecular weight excluding hydrogens is 398 g/mol. The summed E-state index contributed by atoms with van der Waals surface area (Å²) in [6.45, 7) is 0. The number of nitrogens with zero attached hydrogens (tertiary/aromatic N) is 2. The summed E-state index contributed by atoms with van der Waals surface area (Å²) in [4.78, 5) is 22.8. The van der Waals surface area contributed by atoms with Gasteiger partial charge in [0.25, 0.3) is 5.69 Å². The number of rotatable bonds is 4. The molecule has 0 saturated carbocycles. The highest BCUT2D eigenvalue weighted by Gasteiger charge is 2.31. The molecule has 1 aliphatic heterocycles. The molecule has 0 aliphatic carbocycles. The molecule has 2 N–H and O–H groups in total. The number of non-ortho nitro benzene ring substituents is 1. The van der Waals surface area contributed by atoms with Gasteiger partial charge in [0, 0.05) is 23.8 Å². The number of nitro benzene ring substituents is 1. The standard InChI is InChI=1S/C23H15N3O5/c24-13-19-21(14-6-8-16(9-7-14)26(28)29)18-11-10-17(12-20(18)31-22(19)25)30-23(27)15-4-2-1-3-5-15/h1-12,21H,25H2. The van der Waals surface area contributed by atoms with E-state index >= 15 is 0 Å². The molecule has 1 unspecified atom stereocenters. The van der Waals surface area contributed by atoms with Crippen molar-refractivity contribution < 1.29 is 19.2 Å². The monoisotopic (exact) mass is 413 g/mol. The van der Waals surface area contributed by atoms with Crippen LogP contribution < -0.4 is 15.2 Å². The van der Waals surface area contributed by atoms with Gasteiger partial charge in [0.1, 0.15) is 23.1 Å². The maximum atomic E-state index is 12.3. The number of allylic oxidation sites excluding steroid dienone is 1. The van der Waals surface area contributed by atoms with Crippen molar-refractivity contribution in [3.05, 3.63) is 111 Å². The summed E-state index contributed by atoms with van der Waals surface area (Å²) in [5.74, 6) is -0.593. The van der Waals surface area contributed by atoms with Crippen LogP contribution in [0.3, 0.4) is 0 Å². The molecule has 0 fully saturated rings. The number of benzene rings is 3. The zero-order valence-corrected chi connectivity index (χ0v) is 16.0. The number of carbonyl (C=O) groups is 1. The van der Waals surface area contributed by atoms with Crippen molar-refractivity contribution in [2.75, 3.05) is 0 Å². The smallest absolute Gasteiger partial charge is 0.343 e. The zero-order chi connectivity index (χ0) is 22.0. The van der Waals surface area contributed by atoms with Gasteiger partial charge in [-0.1, -0.05) is 36.4 Å². The summed E-state index contributed by atoms with van der Waals surface area (Å²) in [6.07, 6.45) is 0. The van der Waals surface area contributed by atoms with E-state index < -0.39 is 16.8 Å². The van der Waals surface area contributed by atoms with Crippen LogP contribution >= 0.6 is 0 Å². The largest absolute Gasteiger partial charge is 0.440 e. The Bertz CT molecular complexity index is 1240. The van der Waals surface area contributed by atoms with Crippen LogP contribution in [-0.2, 0) is 0 Å². The van der Waals surface area contributed by atoms with Crippen molar-refractivity contribution >= 4 is 11.7 Å². The van der Waals surface area contributed by atoms with Crippen LogP contribution in [0.5, 0.6) is 11.5 Å². The Balaban J connectivity index is 1.70. The molecule has 0 radical (unpaired) electrons. The van der Waals surface area contributed by atoms with Crippen molar-refractivity contribution in [1.29, 1.82) is 5.26 Å². The lowest BCUT2D eigenvalue weighted by atomic mass is 9.83. The summed E-state index contributed by atoms with van der Waals surface area (Å²) >= 11 is 0. The number of nitriles is 1. The highest BCUT2D eigenvalue weighted by Crippen LogP contribution is 2.43. The molecule has 4 rings (SSSR count). The number of hydrogen-bond donors (Lipinski definition) is 1. The van der Waals surface area contributed by atoms with Gasteiger partial charge in [0.15, 0.2) is 0 Å². The van der Waals surface area contributed by atoms with Gasteiger partial charge < -0.3 is 15.2 Å². The predicted octanol–water partition coefficient (Wildman–Crippen LogP) is 4.03. The lowest BCUT2D eigenvalue weighted by molar-refractivity contribution is -0.384. The maximum Gasteiger partial charge on any atom is 0.343 e. The molecule has 0 bridgehead atoms. The minimum Gasteiger partial charge on any atom is -0.440 e. The third-order valence-corrected chi connectivity index (χ3v) is 4.85. The van der Waals surface area contributed by atoms with E-state index in [-0.39, 0.29) is 22.9 Å². The second-order valence-electron chi connectivity index (χ2n) is 6.73.